The van der Waals surface area contributed by atoms with Crippen molar-refractivity contribution < 1.29 is 0 Å². The van der Waals surface area contributed by atoms with Gasteiger partial charge < -0.3 is 9.88 Å². The van der Waals surface area contributed by atoms with Crippen LogP contribution in [-0.2, 0) is 6.42 Å². The lowest BCUT2D eigenvalue weighted by Crippen LogP contribution is -2.06. The van der Waals surface area contributed by atoms with Gasteiger partial charge in [-0.2, -0.15) is 5.26 Å². The maximum absolute atomic E-state index is 10.4. The maximum Gasteiger partial charge on any atom is 0.101 e. The highest BCUT2D eigenvalue weighted by molar-refractivity contribution is 7.20. The molecule has 1 unspecified atom stereocenters. The number of nitrogens with one attached hydrogen (secondary N) is 1. The molecular weight excluding hydrogens is 603 g/mol. The first-order valence-electron chi connectivity index (χ1n) is 16.5. The van der Waals surface area contributed by atoms with Gasteiger partial charge in [-0.05, 0) is 43.0 Å². The topological polar surface area (TPSA) is 40.8 Å². The number of para-hydroxylation sites is 3. The van der Waals surface area contributed by atoms with Gasteiger partial charge in [0.05, 0.1) is 32.0 Å². The molecule has 3 nitrogen and oxygen atoms in total. The van der Waals surface area contributed by atoms with Crippen molar-refractivity contribution in [2.45, 2.75) is 31.6 Å². The highest BCUT2D eigenvalue weighted by atomic mass is 32.1. The quantitative estimate of drug-likeness (QED) is 0.192. The Morgan fingerprint density at radius 3 is 2.42 bits per heavy atom. The number of aromatic nitrogens is 1. The lowest BCUT2D eigenvalue weighted by molar-refractivity contribution is 0.772. The highest BCUT2D eigenvalue weighted by Crippen LogP contribution is 2.52. The van der Waals surface area contributed by atoms with Crippen LogP contribution in [0.25, 0.3) is 50.0 Å². The van der Waals surface area contributed by atoms with Gasteiger partial charge in [-0.15, -0.1) is 17.8 Å². The lowest BCUT2D eigenvalue weighted by atomic mass is 9.88. The van der Waals surface area contributed by atoms with Crippen molar-refractivity contribution in [3.8, 4) is 35.2 Å². The molecule has 228 valence electrons. The molecule has 0 aliphatic heterocycles. The number of benzene rings is 4. The van der Waals surface area contributed by atoms with Gasteiger partial charge >= 0.3 is 0 Å². The number of terminal acetylenes is 1. The maximum atomic E-state index is 10.4. The number of hydrogen-bond acceptors (Lipinski definition) is 3. The van der Waals surface area contributed by atoms with Crippen LogP contribution in [0, 0.1) is 23.7 Å². The molecule has 0 radical (unpaired) electrons. The Hall–Kier alpha value is -5.81. The minimum atomic E-state index is 0.298. The number of allylic oxidation sites excluding steroid dienone is 6. The summed E-state index contributed by atoms with van der Waals surface area (Å²) in [6, 6.07) is 28.3. The van der Waals surface area contributed by atoms with Crippen molar-refractivity contribution in [2.75, 3.05) is 5.32 Å². The van der Waals surface area contributed by atoms with Gasteiger partial charge in [0.15, 0.2) is 0 Å². The third-order valence-corrected chi connectivity index (χ3v) is 11.3. The summed E-state index contributed by atoms with van der Waals surface area (Å²) in [4.78, 5) is 0.948. The zero-order chi connectivity index (χ0) is 32.4. The predicted octanol–water partition coefficient (Wildman–Crippen LogP) is 11.4. The summed E-state index contributed by atoms with van der Waals surface area (Å²) in [5.74, 6) is 3.56. The summed E-state index contributed by atoms with van der Waals surface area (Å²) >= 11 is 1.70. The minimum Gasteiger partial charge on any atom is -0.353 e. The minimum absolute atomic E-state index is 0.298. The largest absolute Gasteiger partial charge is 0.353 e. The van der Waals surface area contributed by atoms with E-state index in [1.807, 2.05) is 19.1 Å². The molecule has 4 heteroatoms. The van der Waals surface area contributed by atoms with Gasteiger partial charge in [-0.25, -0.2) is 0 Å². The van der Waals surface area contributed by atoms with Gasteiger partial charge in [-0.3, -0.25) is 0 Å². The standard InChI is InChI=1S/C44H31N3S/c1-3-13-32-37-25-24-36-31-18-8-10-23-39(31)47(43(36)44(37)48-40(32)4-2)38-22-9-7-17-30(38)35-19-11-14-27(26-45)41(35)46-42-33-20-12-21-34(42)29-16-6-5-15-28(29)33/h2-3,5-9,11-22,24-25,28-29,46H,10,23H2,1H3/b13-3-/t28-,29?/m0/s1. The Bertz CT molecular complexity index is 2500. The van der Waals surface area contributed by atoms with E-state index in [2.05, 4.69) is 131 Å². The molecule has 3 aliphatic rings. The monoisotopic (exact) mass is 633 g/mol. The molecule has 9 rings (SSSR count). The molecule has 2 aromatic heterocycles. The van der Waals surface area contributed by atoms with Crippen molar-refractivity contribution in [1.82, 2.24) is 4.57 Å². The first kappa shape index (κ1) is 28.4. The highest BCUT2D eigenvalue weighted by Gasteiger charge is 2.34. The molecule has 2 atom stereocenters. The number of rotatable bonds is 5. The van der Waals surface area contributed by atoms with Crippen LogP contribution in [0.1, 0.15) is 63.6 Å². The van der Waals surface area contributed by atoms with E-state index in [1.54, 1.807) is 11.3 Å². The Morgan fingerprint density at radius 2 is 1.65 bits per heavy atom. The van der Waals surface area contributed by atoms with Crippen LogP contribution in [0.2, 0.25) is 0 Å². The Labute approximate surface area is 284 Å². The third-order valence-electron chi connectivity index (χ3n) is 10.1. The number of hydrogen-bond donors (Lipinski definition) is 1. The fraction of sp³-hybridized carbons (Fsp3) is 0.114. The second-order valence-electron chi connectivity index (χ2n) is 12.6. The summed E-state index contributed by atoms with van der Waals surface area (Å²) < 4.78 is 3.68. The van der Waals surface area contributed by atoms with Crippen molar-refractivity contribution in [3.05, 3.63) is 148 Å². The zero-order valence-corrected chi connectivity index (χ0v) is 27.3. The Kier molecular flexibility index (Phi) is 6.61. The molecule has 1 N–H and O–H groups in total. The number of fused-ring (bicyclic) bond motifs is 10. The molecule has 0 saturated carbocycles. The molecule has 48 heavy (non-hydrogen) atoms. The number of thiophene rings is 1. The van der Waals surface area contributed by atoms with E-state index in [1.165, 1.54) is 43.4 Å². The van der Waals surface area contributed by atoms with E-state index < -0.39 is 0 Å². The van der Waals surface area contributed by atoms with E-state index in [4.69, 9.17) is 6.42 Å². The molecule has 3 aliphatic carbocycles. The molecule has 0 saturated heterocycles. The summed E-state index contributed by atoms with van der Waals surface area (Å²) in [5.41, 5.74) is 13.1. The van der Waals surface area contributed by atoms with E-state index >= 15 is 0 Å². The molecule has 2 heterocycles. The SMILES string of the molecule is C#Cc1sc2c(ccc3c4c(n(-c5ccccc5-c5cccc(C#N)c5Nc5c6cccc5[C@H]5C=CC=CC65)c32)CCC=C4)c1/C=C\C. The molecule has 0 spiro atoms. The van der Waals surface area contributed by atoms with Crippen LogP contribution in [0.4, 0.5) is 11.4 Å². The van der Waals surface area contributed by atoms with Crippen LogP contribution >= 0.6 is 11.3 Å². The first-order chi connectivity index (χ1) is 23.7. The summed E-state index contributed by atoms with van der Waals surface area (Å²) in [6.45, 7) is 2.04. The zero-order valence-electron chi connectivity index (χ0n) is 26.5. The smallest absolute Gasteiger partial charge is 0.101 e. The van der Waals surface area contributed by atoms with Gasteiger partial charge in [0, 0.05) is 56.2 Å². The van der Waals surface area contributed by atoms with Gasteiger partial charge in [0.25, 0.3) is 0 Å². The number of nitrogens with zero attached hydrogens (tertiary/aromatic N) is 2. The lowest BCUT2D eigenvalue weighted by Gasteiger charge is -2.21. The molecule has 0 fully saturated rings. The van der Waals surface area contributed by atoms with Crippen molar-refractivity contribution in [2.24, 2.45) is 0 Å². The molecule has 4 aromatic carbocycles. The van der Waals surface area contributed by atoms with Crippen molar-refractivity contribution in [1.29, 1.82) is 5.26 Å². The molecule has 0 amide bonds. The van der Waals surface area contributed by atoms with Crippen LogP contribution < -0.4 is 5.32 Å². The molecule has 6 aromatic rings. The van der Waals surface area contributed by atoms with Crippen LogP contribution in [0.15, 0.2) is 109 Å². The second-order valence-corrected chi connectivity index (χ2v) is 13.6. The Morgan fingerprint density at radius 1 is 0.896 bits per heavy atom. The normalized spacial score (nSPS) is 17.1. The Balaban J connectivity index is 1.31. The number of anilines is 2. The van der Waals surface area contributed by atoms with Gasteiger partial charge in [0.2, 0.25) is 0 Å². The fourth-order valence-corrected chi connectivity index (χ4v) is 9.23. The molecule has 2 bridgehead atoms. The summed E-state index contributed by atoms with van der Waals surface area (Å²) in [6.07, 6.45) is 25.6. The summed E-state index contributed by atoms with van der Waals surface area (Å²) in [5, 5.41) is 16.7. The molecular formula is C44H31N3S. The van der Waals surface area contributed by atoms with E-state index in [9.17, 15) is 5.26 Å². The van der Waals surface area contributed by atoms with E-state index in [-0.39, 0.29) is 0 Å². The average molecular weight is 634 g/mol. The van der Waals surface area contributed by atoms with E-state index in [0.29, 0.717) is 17.4 Å². The van der Waals surface area contributed by atoms with Crippen LogP contribution in [0.3, 0.4) is 0 Å². The second kappa shape index (κ2) is 11.2. The van der Waals surface area contributed by atoms with Gasteiger partial charge in [-0.1, -0.05) is 115 Å². The average Bonchev–Trinajstić information content (AvgIpc) is 3.71. The number of nitriles is 1. The van der Waals surface area contributed by atoms with Crippen molar-refractivity contribution >= 4 is 55.9 Å². The summed E-state index contributed by atoms with van der Waals surface area (Å²) in [7, 11) is 0. The van der Waals surface area contributed by atoms with Gasteiger partial charge in [0.1, 0.15) is 6.07 Å². The van der Waals surface area contributed by atoms with Crippen molar-refractivity contribution in [3.63, 3.8) is 0 Å². The third kappa shape index (κ3) is 4.07. The van der Waals surface area contributed by atoms with Crippen LogP contribution in [-0.4, -0.2) is 4.57 Å². The first-order valence-corrected chi connectivity index (χ1v) is 17.3. The van der Waals surface area contributed by atoms with E-state index in [0.717, 1.165) is 51.5 Å². The van der Waals surface area contributed by atoms with Crippen LogP contribution in [0.5, 0.6) is 0 Å². The predicted molar refractivity (Wildman–Crippen MR) is 202 cm³/mol. The fourth-order valence-electron chi connectivity index (χ4n) is 8.09.